The van der Waals surface area contributed by atoms with Gasteiger partial charge in [-0.05, 0) is 42.8 Å². The number of piperazine rings is 1. The van der Waals surface area contributed by atoms with Gasteiger partial charge in [-0.25, -0.2) is 19.2 Å². The molecule has 0 saturated carbocycles. The number of ether oxygens (including phenoxy) is 2. The molecule has 0 atom stereocenters. The third-order valence-electron chi connectivity index (χ3n) is 7.81. The number of amides is 3. The number of halogens is 2. The Morgan fingerprint density at radius 1 is 1.00 bits per heavy atom. The fourth-order valence-corrected chi connectivity index (χ4v) is 5.69. The van der Waals surface area contributed by atoms with Crippen molar-refractivity contribution in [3.8, 4) is 17.0 Å². The van der Waals surface area contributed by atoms with Crippen LogP contribution in [-0.4, -0.2) is 101 Å². The molecule has 13 heteroatoms. The molecule has 0 spiro atoms. The maximum absolute atomic E-state index is 14.6. The van der Waals surface area contributed by atoms with E-state index in [1.165, 1.54) is 13.2 Å². The predicted octanol–water partition coefficient (Wildman–Crippen LogP) is 4.46. The average molecular weight is 608 g/mol. The number of nitrogens with one attached hydrogen (secondary N) is 1. The number of morpholine rings is 1. The Balaban J connectivity index is 1.15. The fourth-order valence-electron chi connectivity index (χ4n) is 5.44. The Morgan fingerprint density at radius 2 is 1.72 bits per heavy atom. The van der Waals surface area contributed by atoms with Crippen LogP contribution in [0, 0.1) is 12.7 Å². The van der Waals surface area contributed by atoms with E-state index in [0.29, 0.717) is 80.8 Å². The molecule has 1 N–H and O–H groups in total. The van der Waals surface area contributed by atoms with Crippen molar-refractivity contribution < 1.29 is 23.5 Å². The van der Waals surface area contributed by atoms with Gasteiger partial charge in [0.1, 0.15) is 0 Å². The van der Waals surface area contributed by atoms with Crippen LogP contribution in [0.2, 0.25) is 5.02 Å². The highest BCUT2D eigenvalue weighted by atomic mass is 35.5. The second-order valence-electron chi connectivity index (χ2n) is 10.4. The van der Waals surface area contributed by atoms with Crippen molar-refractivity contribution in [2.45, 2.75) is 6.92 Å². The van der Waals surface area contributed by atoms with E-state index in [9.17, 15) is 14.0 Å². The third-order valence-corrected chi connectivity index (χ3v) is 8.18. The van der Waals surface area contributed by atoms with Crippen molar-refractivity contribution in [1.82, 2.24) is 29.1 Å². The van der Waals surface area contributed by atoms with Gasteiger partial charge in [0.15, 0.2) is 23.0 Å². The fraction of sp³-hybridized carbons (Fsp3) is 0.333. The number of nitrogens with zero attached hydrogens (tertiary/aromatic N) is 6. The van der Waals surface area contributed by atoms with E-state index < -0.39 is 5.82 Å². The maximum atomic E-state index is 14.6. The second-order valence-corrected chi connectivity index (χ2v) is 10.8. The molecular weight excluding hydrogens is 577 g/mol. The molecule has 2 aliphatic rings. The van der Waals surface area contributed by atoms with Crippen molar-refractivity contribution in [2.75, 3.05) is 64.9 Å². The number of benzene rings is 2. The summed E-state index contributed by atoms with van der Waals surface area (Å²) in [6, 6.07) is 8.71. The molecule has 3 amide bonds. The number of hydrogen-bond donors (Lipinski definition) is 1. The van der Waals surface area contributed by atoms with E-state index in [-0.39, 0.29) is 22.7 Å². The number of hydrogen-bond acceptors (Lipinski definition) is 7. The number of fused-ring (bicyclic) bond motifs is 1. The van der Waals surface area contributed by atoms with Crippen molar-refractivity contribution in [1.29, 1.82) is 0 Å². The van der Waals surface area contributed by atoms with Crippen LogP contribution in [0.25, 0.3) is 16.9 Å². The van der Waals surface area contributed by atoms with Gasteiger partial charge in [0.2, 0.25) is 0 Å². The number of urea groups is 1. The van der Waals surface area contributed by atoms with Gasteiger partial charge < -0.3 is 29.5 Å². The van der Waals surface area contributed by atoms with Crippen molar-refractivity contribution in [3.05, 3.63) is 70.9 Å². The zero-order valence-electron chi connectivity index (χ0n) is 23.8. The first kappa shape index (κ1) is 28.7. The maximum Gasteiger partial charge on any atom is 0.320 e. The first-order valence-electron chi connectivity index (χ1n) is 14.0. The molecular formula is C30H31ClFN7O4. The normalized spacial score (nSPS) is 15.6. The Hall–Kier alpha value is -4.42. The Morgan fingerprint density at radius 3 is 2.44 bits per heavy atom. The van der Waals surface area contributed by atoms with E-state index in [1.807, 2.05) is 28.9 Å². The van der Waals surface area contributed by atoms with Gasteiger partial charge in [-0.3, -0.25) is 9.20 Å². The van der Waals surface area contributed by atoms with E-state index >= 15 is 0 Å². The number of aromatic nitrogens is 3. The number of imidazole rings is 1. The molecule has 0 unspecified atom stereocenters. The van der Waals surface area contributed by atoms with E-state index in [0.717, 1.165) is 11.3 Å². The van der Waals surface area contributed by atoms with Crippen LogP contribution in [0.4, 0.5) is 20.7 Å². The molecule has 2 fully saturated rings. The molecule has 2 aromatic carbocycles. The summed E-state index contributed by atoms with van der Waals surface area (Å²) in [5.41, 5.74) is 3.72. The molecule has 0 radical (unpaired) electrons. The molecule has 224 valence electrons. The van der Waals surface area contributed by atoms with E-state index in [4.69, 9.17) is 21.1 Å². The number of rotatable bonds is 5. The highest BCUT2D eigenvalue weighted by Crippen LogP contribution is 2.35. The van der Waals surface area contributed by atoms with Gasteiger partial charge in [0, 0.05) is 68.5 Å². The zero-order chi connectivity index (χ0) is 30.1. The smallest absolute Gasteiger partial charge is 0.320 e. The average Bonchev–Trinajstić information content (AvgIpc) is 3.47. The topological polar surface area (TPSA) is 105 Å². The molecule has 4 aromatic rings. The van der Waals surface area contributed by atoms with Crippen LogP contribution in [0.5, 0.6) is 5.75 Å². The van der Waals surface area contributed by atoms with Gasteiger partial charge in [-0.2, -0.15) is 0 Å². The highest BCUT2D eigenvalue weighted by molar-refractivity contribution is 6.33. The predicted molar refractivity (Wildman–Crippen MR) is 160 cm³/mol. The molecule has 2 aliphatic heterocycles. The first-order valence-corrected chi connectivity index (χ1v) is 14.4. The van der Waals surface area contributed by atoms with Crippen molar-refractivity contribution in [3.63, 3.8) is 0 Å². The van der Waals surface area contributed by atoms with Gasteiger partial charge in [-0.1, -0.05) is 11.6 Å². The summed E-state index contributed by atoms with van der Waals surface area (Å²) in [4.78, 5) is 40.5. The standard InChI is InChI=1S/C30H31ClFN7O4/c1-19-17-20(3-4-21(19)29(40)36-9-11-37(12-10-36)30(41)38-13-15-43-16-14-38)35-27-28-34-18-23(39(28)8-7-33-27)22-5-6-24(42-2)26(32)25(22)31/h3-8,17-18H,9-16H2,1-2H3,(H,33,35). The molecule has 0 bridgehead atoms. The summed E-state index contributed by atoms with van der Waals surface area (Å²) in [7, 11) is 1.38. The van der Waals surface area contributed by atoms with Crippen LogP contribution in [0.15, 0.2) is 48.9 Å². The second kappa shape index (κ2) is 12.1. The number of aryl methyl sites for hydroxylation is 1. The van der Waals surface area contributed by atoms with Crippen LogP contribution >= 0.6 is 11.6 Å². The van der Waals surface area contributed by atoms with E-state index in [1.54, 1.807) is 40.0 Å². The number of methoxy groups -OCH3 is 1. The largest absolute Gasteiger partial charge is 0.494 e. The lowest BCUT2D eigenvalue weighted by Crippen LogP contribution is -2.55. The van der Waals surface area contributed by atoms with Gasteiger partial charge >= 0.3 is 6.03 Å². The molecule has 2 saturated heterocycles. The molecule has 4 heterocycles. The lowest BCUT2D eigenvalue weighted by molar-refractivity contribution is 0.0362. The molecule has 11 nitrogen and oxygen atoms in total. The van der Waals surface area contributed by atoms with Crippen molar-refractivity contribution in [2.24, 2.45) is 0 Å². The summed E-state index contributed by atoms with van der Waals surface area (Å²) >= 11 is 6.32. The number of anilines is 2. The van der Waals surface area contributed by atoms with Crippen LogP contribution in [-0.2, 0) is 4.74 Å². The van der Waals surface area contributed by atoms with Crippen LogP contribution in [0.1, 0.15) is 15.9 Å². The van der Waals surface area contributed by atoms with Gasteiger partial charge in [0.25, 0.3) is 5.91 Å². The number of carbonyl (C=O) groups is 2. The van der Waals surface area contributed by atoms with Crippen LogP contribution < -0.4 is 10.1 Å². The summed E-state index contributed by atoms with van der Waals surface area (Å²) < 4.78 is 26.8. The highest BCUT2D eigenvalue weighted by Gasteiger charge is 2.29. The summed E-state index contributed by atoms with van der Waals surface area (Å²) in [6.07, 6.45) is 4.95. The first-order chi connectivity index (χ1) is 20.9. The van der Waals surface area contributed by atoms with Crippen molar-refractivity contribution >= 4 is 40.7 Å². The summed E-state index contributed by atoms with van der Waals surface area (Å²) in [5, 5.41) is 3.23. The quantitative estimate of drug-likeness (QED) is 0.357. The minimum absolute atomic E-state index is 0.00879. The Labute approximate surface area is 252 Å². The minimum Gasteiger partial charge on any atom is -0.494 e. The molecule has 0 aliphatic carbocycles. The van der Waals surface area contributed by atoms with Gasteiger partial charge in [0.05, 0.1) is 37.2 Å². The van der Waals surface area contributed by atoms with E-state index in [2.05, 4.69) is 15.3 Å². The lowest BCUT2D eigenvalue weighted by atomic mass is 10.1. The summed E-state index contributed by atoms with van der Waals surface area (Å²) in [5.74, 6) is -0.162. The number of carbonyl (C=O) groups excluding carboxylic acids is 2. The molecule has 43 heavy (non-hydrogen) atoms. The monoisotopic (exact) mass is 607 g/mol. The Kier molecular flexibility index (Phi) is 8.04. The SMILES string of the molecule is COc1ccc(-c2cnc3c(Nc4ccc(C(=O)N5CCN(C(=O)N6CCOCC6)CC5)c(C)c4)nccn23)c(Cl)c1F. The Bertz CT molecular complexity index is 1680. The zero-order valence-corrected chi connectivity index (χ0v) is 24.6. The molecule has 2 aromatic heterocycles. The molecule has 6 rings (SSSR count). The van der Waals surface area contributed by atoms with Crippen LogP contribution in [0.3, 0.4) is 0 Å². The minimum atomic E-state index is -0.641. The van der Waals surface area contributed by atoms with Gasteiger partial charge in [-0.15, -0.1) is 0 Å². The summed E-state index contributed by atoms with van der Waals surface area (Å²) in [6.45, 7) is 6.15. The third kappa shape index (κ3) is 5.55. The lowest BCUT2D eigenvalue weighted by Gasteiger charge is -2.38.